The minimum Gasteiger partial charge on any atom is -0.479 e. The van der Waals surface area contributed by atoms with Crippen LogP contribution in [0.1, 0.15) is 24.1 Å². The predicted molar refractivity (Wildman–Crippen MR) is 132 cm³/mol. The van der Waals surface area contributed by atoms with E-state index in [1.807, 2.05) is 17.9 Å². The molecule has 2 heterocycles. The summed E-state index contributed by atoms with van der Waals surface area (Å²) in [5.41, 5.74) is 0.427. The summed E-state index contributed by atoms with van der Waals surface area (Å²) in [6.07, 6.45) is -0.884. The molecule has 0 saturated carbocycles. The zero-order valence-corrected chi connectivity index (χ0v) is 21.3. The van der Waals surface area contributed by atoms with Crippen molar-refractivity contribution in [2.45, 2.75) is 37.9 Å². The molecule has 13 heteroatoms. The first-order chi connectivity index (χ1) is 17.0. The van der Waals surface area contributed by atoms with Crippen molar-refractivity contribution in [1.29, 1.82) is 0 Å². The van der Waals surface area contributed by atoms with Crippen molar-refractivity contribution in [3.8, 4) is 5.75 Å². The minimum absolute atomic E-state index is 0.132. The van der Waals surface area contributed by atoms with E-state index in [4.69, 9.17) is 25.8 Å². The van der Waals surface area contributed by atoms with Crippen LogP contribution in [0.25, 0.3) is 0 Å². The van der Waals surface area contributed by atoms with Crippen LogP contribution >= 0.6 is 11.6 Å². The number of non-ortho nitro benzene ring substituents is 1. The third-order valence-electron chi connectivity index (χ3n) is 6.46. The van der Waals surface area contributed by atoms with E-state index in [-0.39, 0.29) is 17.1 Å². The number of nitrogens with zero attached hydrogens (tertiary/aromatic N) is 6. The van der Waals surface area contributed by atoms with Crippen LogP contribution in [0.5, 0.6) is 5.75 Å². The van der Waals surface area contributed by atoms with Crippen molar-refractivity contribution in [3.05, 3.63) is 62.7 Å². The molecule has 2 aromatic carbocycles. The molecule has 0 aromatic heterocycles. The summed E-state index contributed by atoms with van der Waals surface area (Å²) >= 11 is 6.24. The molecule has 2 aliphatic rings. The van der Waals surface area contributed by atoms with E-state index < -0.39 is 29.0 Å². The van der Waals surface area contributed by atoms with E-state index in [0.717, 1.165) is 5.56 Å². The molecule has 1 unspecified atom stereocenters. The number of nitro groups is 1. The summed E-state index contributed by atoms with van der Waals surface area (Å²) in [5, 5.41) is 36.5. The van der Waals surface area contributed by atoms with E-state index in [1.54, 1.807) is 26.1 Å². The number of fused-ring (bicyclic) bond motifs is 1. The number of nitro benzene ring substituents is 1. The van der Waals surface area contributed by atoms with Crippen LogP contribution in [0.3, 0.4) is 0 Å². The first kappa shape index (κ1) is 25.9. The number of anilines is 1. The van der Waals surface area contributed by atoms with Gasteiger partial charge in [0.25, 0.3) is 5.69 Å². The molecule has 36 heavy (non-hydrogen) atoms. The highest BCUT2D eigenvalue weighted by molar-refractivity contribution is 6.30. The lowest BCUT2D eigenvalue weighted by Crippen LogP contribution is -2.63. The molecule has 4 atom stereocenters. The number of halogens is 1. The Hall–Kier alpha value is -3.16. The molecule has 1 N–H and O–H groups in total. The van der Waals surface area contributed by atoms with Gasteiger partial charge in [-0.05, 0) is 53.5 Å². The number of methoxy groups -OCH3 is 2. The van der Waals surface area contributed by atoms with Gasteiger partial charge in [-0.15, -0.1) is 0 Å². The average Bonchev–Trinajstić information content (AvgIpc) is 3.25. The Morgan fingerprint density at radius 1 is 1.31 bits per heavy atom. The van der Waals surface area contributed by atoms with Crippen LogP contribution < -0.4 is 9.64 Å². The quantitative estimate of drug-likeness (QED) is 0.241. The maximum absolute atomic E-state index is 11.9. The molecule has 0 amide bonds. The third kappa shape index (κ3) is 4.53. The van der Waals surface area contributed by atoms with E-state index in [1.165, 1.54) is 38.8 Å². The topological polar surface area (TPSA) is 131 Å². The van der Waals surface area contributed by atoms with Crippen LogP contribution in [-0.4, -0.2) is 67.0 Å². The van der Waals surface area contributed by atoms with Crippen LogP contribution in [-0.2, 0) is 9.47 Å². The normalized spacial score (nSPS) is 26.7. The van der Waals surface area contributed by atoms with Gasteiger partial charge in [-0.1, -0.05) is 16.7 Å². The number of rotatable bonds is 8. The van der Waals surface area contributed by atoms with Gasteiger partial charge in [0.05, 0.1) is 16.2 Å². The van der Waals surface area contributed by atoms with Gasteiger partial charge >= 0.3 is 0 Å². The van der Waals surface area contributed by atoms with Crippen molar-refractivity contribution in [1.82, 2.24) is 0 Å². The molecule has 192 valence electrons. The summed E-state index contributed by atoms with van der Waals surface area (Å²) in [6.45, 7) is 3.69. The number of hydrogen-bond acceptors (Lipinski definition) is 10. The molecule has 2 aromatic rings. The first-order valence-corrected chi connectivity index (χ1v) is 11.5. The Bertz CT molecular complexity index is 1210. The molecular formula is C23H28ClN6O6+. The van der Waals surface area contributed by atoms with E-state index >= 15 is 0 Å². The molecular weight excluding hydrogens is 492 g/mol. The summed E-state index contributed by atoms with van der Waals surface area (Å²) in [7, 11) is 4.64. The van der Waals surface area contributed by atoms with Crippen LogP contribution in [0.2, 0.25) is 5.02 Å². The fourth-order valence-corrected chi connectivity index (χ4v) is 4.97. The molecule has 0 spiro atoms. The maximum atomic E-state index is 11.9. The Balaban J connectivity index is 1.96. The highest BCUT2D eigenvalue weighted by atomic mass is 35.5. The number of aliphatic hydroxyl groups excluding tert-OH is 1. The van der Waals surface area contributed by atoms with Gasteiger partial charge in [0.2, 0.25) is 13.0 Å². The maximum Gasteiger partial charge on any atom is 0.270 e. The van der Waals surface area contributed by atoms with Crippen LogP contribution in [0.15, 0.2) is 51.8 Å². The predicted octanol–water partition coefficient (Wildman–Crippen LogP) is 3.96. The standard InChI is InChI=1S/C23H28ClN6O6/c1-14-10-15(24)6-8-18(14)28(13-30(3)26-12-25-27-30)20-17-11-16(29(32)33)7-9-19(17)36-23(2,21(20)31)22(34-4)35-5/h6-12,20-22,31H,13H2,1-5H3/q+1/t20-,21+,23-,30?/m0/s1. The van der Waals surface area contributed by atoms with Gasteiger partial charge in [0.15, 0.2) is 11.9 Å². The van der Waals surface area contributed by atoms with Crippen molar-refractivity contribution in [2.75, 3.05) is 32.8 Å². The molecule has 12 nitrogen and oxygen atoms in total. The highest BCUT2D eigenvalue weighted by Crippen LogP contribution is 2.48. The Labute approximate surface area is 213 Å². The van der Waals surface area contributed by atoms with Crippen LogP contribution in [0.4, 0.5) is 11.4 Å². The molecule has 4 rings (SSSR count). The summed E-state index contributed by atoms with van der Waals surface area (Å²) in [6, 6.07) is 8.78. The fraction of sp³-hybridized carbons (Fsp3) is 0.435. The lowest BCUT2D eigenvalue weighted by molar-refractivity contribution is -0.923. The average molecular weight is 520 g/mol. The van der Waals surface area contributed by atoms with Gasteiger partial charge in [0, 0.05) is 42.6 Å². The SMILES string of the molecule is COC(OC)[C@@]1(C)Oc2ccc([N+](=O)[O-])cc2[C@H](N(C[N+]2(C)N=CN=N2)c2ccc(Cl)cc2C)[C@H]1O. The number of hydrogen-bond donors (Lipinski definition) is 1. The monoisotopic (exact) mass is 519 g/mol. The van der Waals surface area contributed by atoms with Crippen molar-refractivity contribution in [2.24, 2.45) is 15.4 Å². The summed E-state index contributed by atoms with van der Waals surface area (Å²) in [5.74, 6) is 0.350. The van der Waals surface area contributed by atoms with E-state index in [9.17, 15) is 15.2 Å². The second kappa shape index (κ2) is 9.71. The molecule has 2 aliphatic heterocycles. The lowest BCUT2D eigenvalue weighted by atomic mass is 9.83. The largest absolute Gasteiger partial charge is 0.479 e. The number of ether oxygens (including phenoxy) is 3. The highest BCUT2D eigenvalue weighted by Gasteiger charge is 2.55. The van der Waals surface area contributed by atoms with Gasteiger partial charge in [-0.2, -0.15) is 0 Å². The smallest absolute Gasteiger partial charge is 0.270 e. The second-order valence-corrected chi connectivity index (χ2v) is 9.46. The molecule has 0 aliphatic carbocycles. The fourth-order valence-electron chi connectivity index (χ4n) is 4.74. The van der Waals surface area contributed by atoms with Gasteiger partial charge < -0.3 is 24.2 Å². The zero-order chi connectivity index (χ0) is 26.3. The van der Waals surface area contributed by atoms with Crippen molar-refractivity contribution >= 4 is 29.3 Å². The van der Waals surface area contributed by atoms with Crippen LogP contribution in [0, 0.1) is 17.0 Å². The number of quaternary nitrogens is 1. The number of benzene rings is 2. The van der Waals surface area contributed by atoms with Crippen molar-refractivity contribution in [3.63, 3.8) is 0 Å². The van der Waals surface area contributed by atoms with Crippen molar-refractivity contribution < 1.29 is 28.9 Å². The minimum atomic E-state index is -1.38. The number of aryl methyl sites for hydroxylation is 1. The van der Waals surface area contributed by atoms with Gasteiger partial charge in [0.1, 0.15) is 18.9 Å². The molecule has 0 bridgehead atoms. The first-order valence-electron chi connectivity index (χ1n) is 11.1. The van der Waals surface area contributed by atoms with Gasteiger partial charge in [-0.25, -0.2) is 0 Å². The Morgan fingerprint density at radius 2 is 2.03 bits per heavy atom. The molecule has 0 fully saturated rings. The molecule has 0 saturated heterocycles. The van der Waals surface area contributed by atoms with E-state index in [2.05, 4.69) is 15.4 Å². The summed E-state index contributed by atoms with van der Waals surface area (Å²) < 4.78 is 17.0. The third-order valence-corrected chi connectivity index (χ3v) is 6.69. The second-order valence-electron chi connectivity index (χ2n) is 9.02. The van der Waals surface area contributed by atoms with E-state index in [0.29, 0.717) is 22.0 Å². The Kier molecular flexibility index (Phi) is 6.99. The zero-order valence-electron chi connectivity index (χ0n) is 20.5. The Morgan fingerprint density at radius 3 is 2.61 bits per heavy atom. The lowest BCUT2D eigenvalue weighted by Gasteiger charge is -2.50. The number of aliphatic hydroxyl groups is 1. The summed E-state index contributed by atoms with van der Waals surface area (Å²) in [4.78, 5) is 13.0. The van der Waals surface area contributed by atoms with Gasteiger partial charge in [-0.3, -0.25) is 10.1 Å². The molecule has 0 radical (unpaired) electrons.